The number of hydrogen-bond acceptors (Lipinski definition) is 2. The van der Waals surface area contributed by atoms with Gasteiger partial charge in [-0.3, -0.25) is 0 Å². The van der Waals surface area contributed by atoms with Crippen molar-refractivity contribution in [1.29, 1.82) is 0 Å². The first-order chi connectivity index (χ1) is 7.58. The van der Waals surface area contributed by atoms with Crippen molar-refractivity contribution in [2.24, 2.45) is 0 Å². The van der Waals surface area contributed by atoms with Crippen molar-refractivity contribution >= 4 is 23.2 Å². The van der Waals surface area contributed by atoms with Crippen LogP contribution >= 0.6 is 23.2 Å². The van der Waals surface area contributed by atoms with E-state index in [1.807, 2.05) is 0 Å². The van der Waals surface area contributed by atoms with Crippen LogP contribution in [0.4, 0.5) is 8.78 Å². The Hall–Kier alpha value is -1.26. The Bertz CT molecular complexity index is 497. The first-order valence-corrected chi connectivity index (χ1v) is 4.97. The molecule has 6 heteroatoms. The molecule has 1 aromatic heterocycles. The number of halogens is 4. The van der Waals surface area contributed by atoms with Gasteiger partial charge in [-0.1, -0.05) is 23.2 Å². The van der Waals surface area contributed by atoms with Crippen LogP contribution in [0.5, 0.6) is 0 Å². The molecule has 0 aliphatic carbocycles. The van der Waals surface area contributed by atoms with Crippen molar-refractivity contribution in [3.8, 4) is 11.1 Å². The van der Waals surface area contributed by atoms with Gasteiger partial charge in [-0.2, -0.15) is 0 Å². The maximum Gasteiger partial charge on any atom is 0.159 e. The summed E-state index contributed by atoms with van der Waals surface area (Å²) in [6.07, 6.45) is 0. The molecule has 2 aromatic rings. The maximum absolute atomic E-state index is 13.5. The lowest BCUT2D eigenvalue weighted by atomic mass is 10.1. The Labute approximate surface area is 99.8 Å². The summed E-state index contributed by atoms with van der Waals surface area (Å²) < 4.78 is 26.4. The molecule has 16 heavy (non-hydrogen) atoms. The number of aromatic nitrogens is 2. The number of benzene rings is 1. The van der Waals surface area contributed by atoms with Crippen LogP contribution in [-0.4, -0.2) is 10.2 Å². The Morgan fingerprint density at radius 1 is 0.938 bits per heavy atom. The smallest absolute Gasteiger partial charge is 0.159 e. The Morgan fingerprint density at radius 3 is 2.44 bits per heavy atom. The zero-order valence-corrected chi connectivity index (χ0v) is 9.23. The van der Waals surface area contributed by atoms with Gasteiger partial charge in [0.05, 0.1) is 0 Å². The van der Waals surface area contributed by atoms with Crippen molar-refractivity contribution in [2.75, 3.05) is 0 Å². The Morgan fingerprint density at radius 2 is 1.69 bits per heavy atom. The Kier molecular flexibility index (Phi) is 3.03. The van der Waals surface area contributed by atoms with E-state index in [0.29, 0.717) is 0 Å². The van der Waals surface area contributed by atoms with E-state index in [-0.39, 0.29) is 21.4 Å². The quantitative estimate of drug-likeness (QED) is 0.781. The molecule has 1 heterocycles. The molecule has 2 rings (SSSR count). The summed E-state index contributed by atoms with van der Waals surface area (Å²) in [4.78, 5) is 0. The summed E-state index contributed by atoms with van der Waals surface area (Å²) in [6, 6.07) is 4.38. The molecular formula is C10H4Cl2F2N2. The van der Waals surface area contributed by atoms with Gasteiger partial charge in [-0.05, 0) is 24.3 Å². The molecule has 1 aromatic carbocycles. The molecule has 82 valence electrons. The van der Waals surface area contributed by atoms with E-state index < -0.39 is 11.6 Å². The summed E-state index contributed by atoms with van der Waals surface area (Å²) >= 11 is 11.3. The predicted octanol–water partition coefficient (Wildman–Crippen LogP) is 3.73. The van der Waals surface area contributed by atoms with Gasteiger partial charge in [-0.15, -0.1) is 10.2 Å². The van der Waals surface area contributed by atoms with E-state index in [9.17, 15) is 8.78 Å². The van der Waals surface area contributed by atoms with Crippen molar-refractivity contribution in [3.63, 3.8) is 0 Å². The molecule has 0 amide bonds. The second kappa shape index (κ2) is 4.31. The lowest BCUT2D eigenvalue weighted by Gasteiger charge is -2.05. The van der Waals surface area contributed by atoms with E-state index in [4.69, 9.17) is 23.2 Å². The molecular weight excluding hydrogens is 257 g/mol. The van der Waals surface area contributed by atoms with Gasteiger partial charge in [0.15, 0.2) is 10.3 Å². The van der Waals surface area contributed by atoms with Crippen LogP contribution in [0.15, 0.2) is 24.3 Å². The minimum Gasteiger partial charge on any atom is -0.207 e. The maximum atomic E-state index is 13.5. The largest absolute Gasteiger partial charge is 0.207 e. The molecule has 0 N–H and O–H groups in total. The third kappa shape index (κ3) is 2.13. The highest BCUT2D eigenvalue weighted by atomic mass is 35.5. The van der Waals surface area contributed by atoms with Crippen molar-refractivity contribution in [1.82, 2.24) is 10.2 Å². The molecule has 0 fully saturated rings. The van der Waals surface area contributed by atoms with E-state index in [2.05, 4.69) is 10.2 Å². The standard InChI is InChI=1S/C10H4Cl2F2N2/c11-9-4-7(10(12)16-15-9)6-3-5(13)1-2-8(6)14/h1-4H. The monoisotopic (exact) mass is 260 g/mol. The van der Waals surface area contributed by atoms with E-state index in [1.165, 1.54) is 6.07 Å². The van der Waals surface area contributed by atoms with Crippen molar-refractivity contribution in [3.05, 3.63) is 46.2 Å². The molecule has 0 bridgehead atoms. The van der Waals surface area contributed by atoms with Crippen molar-refractivity contribution in [2.45, 2.75) is 0 Å². The average Bonchev–Trinajstić information content (AvgIpc) is 2.25. The van der Waals surface area contributed by atoms with Crippen LogP contribution in [0.1, 0.15) is 0 Å². The van der Waals surface area contributed by atoms with Gasteiger partial charge >= 0.3 is 0 Å². The first kappa shape index (κ1) is 11.2. The summed E-state index contributed by atoms with van der Waals surface area (Å²) in [6.45, 7) is 0. The van der Waals surface area contributed by atoms with Gasteiger partial charge in [0.1, 0.15) is 11.6 Å². The number of hydrogen-bond donors (Lipinski definition) is 0. The van der Waals surface area contributed by atoms with E-state index in [1.54, 1.807) is 0 Å². The highest BCUT2D eigenvalue weighted by Gasteiger charge is 2.12. The fourth-order valence-corrected chi connectivity index (χ4v) is 1.59. The lowest BCUT2D eigenvalue weighted by Crippen LogP contribution is -1.91. The van der Waals surface area contributed by atoms with Crippen LogP contribution in [0.25, 0.3) is 11.1 Å². The zero-order valence-electron chi connectivity index (χ0n) is 7.72. The van der Waals surface area contributed by atoms with Crippen LogP contribution in [0, 0.1) is 11.6 Å². The fraction of sp³-hybridized carbons (Fsp3) is 0. The summed E-state index contributed by atoms with van der Waals surface area (Å²) in [7, 11) is 0. The molecule has 0 aliphatic heterocycles. The van der Waals surface area contributed by atoms with Gasteiger partial charge < -0.3 is 0 Å². The number of rotatable bonds is 1. The highest BCUT2D eigenvalue weighted by Crippen LogP contribution is 2.29. The fourth-order valence-electron chi connectivity index (χ4n) is 1.25. The summed E-state index contributed by atoms with van der Waals surface area (Å²) in [5.41, 5.74) is 0.209. The topological polar surface area (TPSA) is 25.8 Å². The van der Waals surface area contributed by atoms with Crippen LogP contribution in [0.3, 0.4) is 0 Å². The minimum atomic E-state index is -0.604. The summed E-state index contributed by atoms with van der Waals surface area (Å²) in [5, 5.41) is 7.03. The third-order valence-electron chi connectivity index (χ3n) is 1.94. The predicted molar refractivity (Wildman–Crippen MR) is 57.4 cm³/mol. The molecule has 2 nitrogen and oxygen atoms in total. The summed E-state index contributed by atoms with van der Waals surface area (Å²) in [5.74, 6) is -1.17. The van der Waals surface area contributed by atoms with E-state index in [0.717, 1.165) is 18.2 Å². The van der Waals surface area contributed by atoms with Gasteiger partial charge in [0, 0.05) is 11.1 Å². The van der Waals surface area contributed by atoms with Gasteiger partial charge in [0.25, 0.3) is 0 Å². The number of nitrogens with zero attached hydrogens (tertiary/aromatic N) is 2. The SMILES string of the molecule is Fc1ccc(F)c(-c2cc(Cl)nnc2Cl)c1. The minimum absolute atomic E-state index is 0.00167. The normalized spacial score (nSPS) is 10.5. The zero-order chi connectivity index (χ0) is 11.7. The highest BCUT2D eigenvalue weighted by molar-refractivity contribution is 6.33. The second-order valence-electron chi connectivity index (χ2n) is 3.00. The molecule has 0 saturated heterocycles. The van der Waals surface area contributed by atoms with Crippen molar-refractivity contribution < 1.29 is 8.78 Å². The lowest BCUT2D eigenvalue weighted by molar-refractivity contribution is 0.603. The van der Waals surface area contributed by atoms with Gasteiger partial charge in [-0.25, -0.2) is 8.78 Å². The second-order valence-corrected chi connectivity index (χ2v) is 3.74. The molecule has 0 unspecified atom stereocenters. The molecule has 0 radical (unpaired) electrons. The molecule has 0 aliphatic rings. The average molecular weight is 261 g/mol. The van der Waals surface area contributed by atoms with Crippen LogP contribution in [-0.2, 0) is 0 Å². The van der Waals surface area contributed by atoms with E-state index >= 15 is 0 Å². The van der Waals surface area contributed by atoms with Gasteiger partial charge in [0.2, 0.25) is 0 Å². The first-order valence-electron chi connectivity index (χ1n) is 4.22. The molecule has 0 saturated carbocycles. The molecule has 0 atom stereocenters. The third-order valence-corrected chi connectivity index (χ3v) is 2.40. The molecule has 0 spiro atoms. The van der Waals surface area contributed by atoms with Crippen LogP contribution in [0.2, 0.25) is 10.3 Å². The van der Waals surface area contributed by atoms with Crippen LogP contribution < -0.4 is 0 Å². The Balaban J connectivity index is 2.66.